The Hall–Kier alpha value is -0.940. The number of ether oxygens (including phenoxy) is 1. The first-order valence-electron chi connectivity index (χ1n) is 6.51. The van der Waals surface area contributed by atoms with Gasteiger partial charge in [-0.05, 0) is 5.92 Å². The van der Waals surface area contributed by atoms with Crippen molar-refractivity contribution in [3.63, 3.8) is 0 Å². The van der Waals surface area contributed by atoms with E-state index < -0.39 is 0 Å². The molecule has 1 atom stereocenters. The van der Waals surface area contributed by atoms with Gasteiger partial charge in [0.1, 0.15) is 11.0 Å². The Kier molecular flexibility index (Phi) is 5.50. The number of hydrogen-bond donors (Lipinski definition) is 1. The van der Waals surface area contributed by atoms with Gasteiger partial charge in [0.15, 0.2) is 0 Å². The van der Waals surface area contributed by atoms with Crippen LogP contribution in [0.25, 0.3) is 0 Å². The highest BCUT2D eigenvalue weighted by molar-refractivity contribution is 7.09. The van der Waals surface area contributed by atoms with Crippen molar-refractivity contribution < 1.29 is 9.53 Å². The Morgan fingerprint density at radius 3 is 2.53 bits per heavy atom. The smallest absolute Gasteiger partial charge is 0.323 e. The van der Waals surface area contributed by atoms with E-state index in [1.807, 2.05) is 13.8 Å². The van der Waals surface area contributed by atoms with Crippen molar-refractivity contribution in [3.05, 3.63) is 16.1 Å². The van der Waals surface area contributed by atoms with Crippen LogP contribution >= 0.6 is 11.3 Å². The molecule has 0 aliphatic heterocycles. The number of aromatic nitrogens is 1. The fourth-order valence-corrected chi connectivity index (χ4v) is 2.62. The maximum atomic E-state index is 11.6. The van der Waals surface area contributed by atoms with Gasteiger partial charge in [-0.15, -0.1) is 11.3 Å². The molecule has 1 N–H and O–H groups in total. The standard InChI is InChI=1S/C14H24N2O2S/c1-9(2)12(13(17)18-6)15-7-11-16-10(8-19-11)14(3,4)5/h8-9,12,15H,7H2,1-6H3. The van der Waals surface area contributed by atoms with E-state index in [9.17, 15) is 4.79 Å². The highest BCUT2D eigenvalue weighted by Crippen LogP contribution is 2.23. The zero-order valence-electron chi connectivity index (χ0n) is 12.6. The summed E-state index contributed by atoms with van der Waals surface area (Å²) >= 11 is 1.62. The second-order valence-electron chi connectivity index (χ2n) is 6.00. The molecular weight excluding hydrogens is 260 g/mol. The zero-order valence-corrected chi connectivity index (χ0v) is 13.4. The number of esters is 1. The van der Waals surface area contributed by atoms with Crippen LogP contribution in [0.1, 0.15) is 45.3 Å². The minimum absolute atomic E-state index is 0.0640. The highest BCUT2D eigenvalue weighted by atomic mass is 32.1. The molecule has 0 spiro atoms. The summed E-state index contributed by atoms with van der Waals surface area (Å²) in [5.74, 6) is -0.0305. The summed E-state index contributed by atoms with van der Waals surface area (Å²) < 4.78 is 4.80. The molecule has 0 aliphatic rings. The quantitative estimate of drug-likeness (QED) is 0.845. The van der Waals surface area contributed by atoms with Gasteiger partial charge in [0, 0.05) is 17.3 Å². The third kappa shape index (κ3) is 4.58. The van der Waals surface area contributed by atoms with E-state index in [0.29, 0.717) is 6.54 Å². The third-order valence-electron chi connectivity index (χ3n) is 2.92. The Balaban J connectivity index is 2.65. The average molecular weight is 284 g/mol. The van der Waals surface area contributed by atoms with Crippen molar-refractivity contribution in [3.8, 4) is 0 Å². The predicted molar refractivity (Wildman–Crippen MR) is 78.3 cm³/mol. The minimum Gasteiger partial charge on any atom is -0.468 e. The number of nitrogens with one attached hydrogen (secondary N) is 1. The predicted octanol–water partition coefficient (Wildman–Crippen LogP) is 2.73. The molecule has 0 bridgehead atoms. The first kappa shape index (κ1) is 16.1. The van der Waals surface area contributed by atoms with Gasteiger partial charge in [-0.3, -0.25) is 10.1 Å². The van der Waals surface area contributed by atoms with E-state index in [-0.39, 0.29) is 23.3 Å². The number of hydrogen-bond acceptors (Lipinski definition) is 5. The number of rotatable bonds is 5. The number of carbonyl (C=O) groups excluding carboxylic acids is 1. The van der Waals surface area contributed by atoms with Crippen molar-refractivity contribution in [2.45, 2.75) is 52.6 Å². The highest BCUT2D eigenvalue weighted by Gasteiger charge is 2.23. The third-order valence-corrected chi connectivity index (χ3v) is 3.76. The number of nitrogens with zero attached hydrogens (tertiary/aromatic N) is 1. The van der Waals surface area contributed by atoms with Gasteiger partial charge in [-0.2, -0.15) is 0 Å². The zero-order chi connectivity index (χ0) is 14.6. The van der Waals surface area contributed by atoms with Gasteiger partial charge in [-0.25, -0.2) is 4.98 Å². The van der Waals surface area contributed by atoms with Gasteiger partial charge in [0.25, 0.3) is 0 Å². The number of methoxy groups -OCH3 is 1. The molecule has 1 aromatic rings. The molecule has 0 saturated heterocycles. The molecule has 1 rings (SSSR count). The molecule has 5 heteroatoms. The lowest BCUT2D eigenvalue weighted by Gasteiger charge is -2.19. The summed E-state index contributed by atoms with van der Waals surface area (Å²) in [6.07, 6.45) is 0. The van der Waals surface area contributed by atoms with E-state index in [0.717, 1.165) is 10.7 Å². The summed E-state index contributed by atoms with van der Waals surface area (Å²) in [7, 11) is 1.42. The van der Waals surface area contributed by atoms with E-state index >= 15 is 0 Å². The number of carbonyl (C=O) groups is 1. The molecule has 1 heterocycles. The lowest BCUT2D eigenvalue weighted by atomic mass is 9.93. The molecule has 0 fully saturated rings. The van der Waals surface area contributed by atoms with Crippen LogP contribution in [0.2, 0.25) is 0 Å². The van der Waals surface area contributed by atoms with E-state index in [1.165, 1.54) is 7.11 Å². The van der Waals surface area contributed by atoms with Gasteiger partial charge in [-0.1, -0.05) is 34.6 Å². The summed E-state index contributed by atoms with van der Waals surface area (Å²) in [5, 5.41) is 6.31. The van der Waals surface area contributed by atoms with Crippen LogP contribution in [0.4, 0.5) is 0 Å². The summed E-state index contributed by atoms with van der Waals surface area (Å²) in [5.41, 5.74) is 1.16. The second kappa shape index (κ2) is 6.48. The van der Waals surface area contributed by atoms with Crippen molar-refractivity contribution in [2.24, 2.45) is 5.92 Å². The van der Waals surface area contributed by atoms with Gasteiger partial charge in [0.2, 0.25) is 0 Å². The first-order chi connectivity index (χ1) is 8.75. The average Bonchev–Trinajstić information content (AvgIpc) is 2.76. The molecule has 0 aromatic carbocycles. The second-order valence-corrected chi connectivity index (χ2v) is 6.94. The van der Waals surface area contributed by atoms with Crippen LogP contribution < -0.4 is 5.32 Å². The van der Waals surface area contributed by atoms with E-state index in [2.05, 4.69) is 36.5 Å². The molecule has 0 radical (unpaired) electrons. The molecule has 108 valence electrons. The van der Waals surface area contributed by atoms with Crippen LogP contribution in [-0.2, 0) is 21.5 Å². The van der Waals surface area contributed by atoms with Crippen LogP contribution in [0.5, 0.6) is 0 Å². The molecule has 0 aliphatic carbocycles. The van der Waals surface area contributed by atoms with Crippen molar-refractivity contribution in [1.29, 1.82) is 0 Å². The topological polar surface area (TPSA) is 51.2 Å². The molecular formula is C14H24N2O2S. The van der Waals surface area contributed by atoms with Crippen LogP contribution in [-0.4, -0.2) is 24.1 Å². The summed E-state index contributed by atoms with van der Waals surface area (Å²) in [6.45, 7) is 11.0. The maximum absolute atomic E-state index is 11.6. The fourth-order valence-electron chi connectivity index (χ4n) is 1.65. The molecule has 0 saturated carbocycles. The van der Waals surface area contributed by atoms with Crippen molar-refractivity contribution in [1.82, 2.24) is 10.3 Å². The fraction of sp³-hybridized carbons (Fsp3) is 0.714. The van der Waals surface area contributed by atoms with Gasteiger partial charge in [0.05, 0.1) is 12.8 Å². The van der Waals surface area contributed by atoms with E-state index in [1.54, 1.807) is 11.3 Å². The van der Waals surface area contributed by atoms with Crippen molar-refractivity contribution in [2.75, 3.05) is 7.11 Å². The van der Waals surface area contributed by atoms with Crippen LogP contribution in [0, 0.1) is 5.92 Å². The van der Waals surface area contributed by atoms with Crippen LogP contribution in [0.3, 0.4) is 0 Å². The summed E-state index contributed by atoms with van der Waals surface area (Å²) in [6, 6.07) is -0.285. The monoisotopic (exact) mass is 284 g/mol. The van der Waals surface area contributed by atoms with Crippen LogP contribution in [0.15, 0.2) is 5.38 Å². The normalized spacial score (nSPS) is 13.6. The Morgan fingerprint density at radius 2 is 2.11 bits per heavy atom. The minimum atomic E-state index is -0.285. The Labute approximate surface area is 119 Å². The molecule has 1 aromatic heterocycles. The summed E-state index contributed by atoms with van der Waals surface area (Å²) in [4.78, 5) is 16.2. The van der Waals surface area contributed by atoms with Gasteiger partial charge < -0.3 is 4.74 Å². The van der Waals surface area contributed by atoms with E-state index in [4.69, 9.17) is 4.74 Å². The Morgan fingerprint density at radius 1 is 1.47 bits per heavy atom. The maximum Gasteiger partial charge on any atom is 0.323 e. The molecule has 4 nitrogen and oxygen atoms in total. The first-order valence-corrected chi connectivity index (χ1v) is 7.39. The lowest BCUT2D eigenvalue weighted by molar-refractivity contribution is -0.144. The Bertz CT molecular complexity index is 421. The molecule has 1 unspecified atom stereocenters. The SMILES string of the molecule is COC(=O)C(NCc1nc(C(C)(C)C)cs1)C(C)C. The molecule has 19 heavy (non-hydrogen) atoms. The van der Waals surface area contributed by atoms with Crippen molar-refractivity contribution >= 4 is 17.3 Å². The number of thiazole rings is 1. The lowest BCUT2D eigenvalue weighted by Crippen LogP contribution is -2.41. The van der Waals surface area contributed by atoms with Gasteiger partial charge >= 0.3 is 5.97 Å². The largest absolute Gasteiger partial charge is 0.468 e. The molecule has 0 amide bonds.